The van der Waals surface area contributed by atoms with Crippen LogP contribution in [0.1, 0.15) is 32.3 Å². The van der Waals surface area contributed by atoms with Crippen molar-refractivity contribution in [3.8, 4) is 16.9 Å². The van der Waals surface area contributed by atoms with Gasteiger partial charge in [0, 0.05) is 25.7 Å². The van der Waals surface area contributed by atoms with Gasteiger partial charge in [0.05, 0.1) is 0 Å². The molecule has 0 aromatic heterocycles. The lowest BCUT2D eigenvalue weighted by atomic mass is 9.80. The summed E-state index contributed by atoms with van der Waals surface area (Å²) in [6, 6.07) is 14.8. The molecule has 0 saturated carbocycles. The number of carbonyl (C=O) groups excluding carboxylic acids is 3. The van der Waals surface area contributed by atoms with Crippen LogP contribution in [-0.2, 0) is 30.3 Å². The van der Waals surface area contributed by atoms with Crippen LogP contribution in [0.25, 0.3) is 11.1 Å². The number of aryl methyl sites for hydroxylation is 1. The van der Waals surface area contributed by atoms with Gasteiger partial charge < -0.3 is 20.3 Å². The van der Waals surface area contributed by atoms with Crippen LogP contribution in [-0.4, -0.2) is 36.2 Å². The lowest BCUT2D eigenvalue weighted by molar-refractivity contribution is -0.154. The number of phenols is 1. The summed E-state index contributed by atoms with van der Waals surface area (Å²) >= 11 is 0. The number of amides is 1. The molecule has 0 bridgehead atoms. The summed E-state index contributed by atoms with van der Waals surface area (Å²) in [5, 5.41) is 9.47. The molecule has 2 aromatic carbocycles. The Hall–Kier alpha value is -3.35. The van der Waals surface area contributed by atoms with Gasteiger partial charge in [-0.2, -0.15) is 0 Å². The van der Waals surface area contributed by atoms with E-state index in [9.17, 15) is 19.5 Å². The number of esters is 2. The predicted octanol–water partition coefficient (Wildman–Crippen LogP) is 2.98. The normalized spacial score (nSPS) is 11.0. The molecular weight excluding hydrogens is 386 g/mol. The molecule has 0 atom stereocenters. The Kier molecular flexibility index (Phi) is 7.98. The molecule has 2 aromatic rings. The minimum Gasteiger partial charge on any atom is -0.508 e. The smallest absolute Gasteiger partial charge is 0.302 e. The largest absolute Gasteiger partial charge is 0.508 e. The number of primary amides is 1. The van der Waals surface area contributed by atoms with Crippen molar-refractivity contribution in [2.24, 2.45) is 11.1 Å². The Balaban J connectivity index is 2.22. The first-order chi connectivity index (χ1) is 14.2. The minimum absolute atomic E-state index is 0.0732. The van der Waals surface area contributed by atoms with Crippen LogP contribution in [0, 0.1) is 5.41 Å². The molecule has 0 aliphatic rings. The number of benzene rings is 2. The minimum atomic E-state index is -0.905. The molecule has 0 fully saturated rings. The van der Waals surface area contributed by atoms with Crippen molar-refractivity contribution < 1.29 is 29.0 Å². The van der Waals surface area contributed by atoms with Gasteiger partial charge in [-0.3, -0.25) is 14.4 Å². The molecule has 1 amide bonds. The molecule has 0 aliphatic heterocycles. The van der Waals surface area contributed by atoms with Gasteiger partial charge in [0.1, 0.15) is 19.0 Å². The van der Waals surface area contributed by atoms with Crippen molar-refractivity contribution in [2.75, 3.05) is 13.2 Å². The summed E-state index contributed by atoms with van der Waals surface area (Å²) in [7, 11) is 0. The van der Waals surface area contributed by atoms with Gasteiger partial charge >= 0.3 is 11.9 Å². The fourth-order valence-corrected chi connectivity index (χ4v) is 3.23. The van der Waals surface area contributed by atoms with Crippen LogP contribution < -0.4 is 5.73 Å². The van der Waals surface area contributed by atoms with E-state index in [1.165, 1.54) is 13.8 Å². The second-order valence-electron chi connectivity index (χ2n) is 7.45. The number of nitrogens with two attached hydrogens (primary N) is 1. The predicted molar refractivity (Wildman–Crippen MR) is 111 cm³/mol. The second-order valence-corrected chi connectivity index (χ2v) is 7.45. The van der Waals surface area contributed by atoms with Crippen molar-refractivity contribution >= 4 is 17.8 Å². The van der Waals surface area contributed by atoms with E-state index in [2.05, 4.69) is 0 Å². The number of aromatic hydroxyl groups is 1. The highest BCUT2D eigenvalue weighted by atomic mass is 16.5. The Morgan fingerprint density at radius 2 is 1.53 bits per heavy atom. The number of hydrogen-bond acceptors (Lipinski definition) is 6. The SMILES string of the molecule is CC(=O)OCC(CCc1cccc(-c2ccc(O)cc2)c1)(COC(C)=O)CC(N)=O. The molecule has 7 nitrogen and oxygen atoms in total. The van der Waals surface area contributed by atoms with Crippen LogP contribution in [0.2, 0.25) is 0 Å². The van der Waals surface area contributed by atoms with E-state index in [0.717, 1.165) is 16.7 Å². The Morgan fingerprint density at radius 3 is 2.07 bits per heavy atom. The van der Waals surface area contributed by atoms with Crippen molar-refractivity contribution in [3.63, 3.8) is 0 Å². The lowest BCUT2D eigenvalue weighted by Crippen LogP contribution is -2.38. The highest BCUT2D eigenvalue weighted by Gasteiger charge is 2.35. The molecule has 3 N–H and O–H groups in total. The summed E-state index contributed by atoms with van der Waals surface area (Å²) in [6.45, 7) is 2.41. The van der Waals surface area contributed by atoms with Crippen LogP contribution in [0.3, 0.4) is 0 Å². The molecule has 30 heavy (non-hydrogen) atoms. The number of ether oxygens (including phenoxy) is 2. The van der Waals surface area contributed by atoms with Gasteiger partial charge in [-0.1, -0.05) is 36.4 Å². The van der Waals surface area contributed by atoms with E-state index in [0.29, 0.717) is 12.8 Å². The zero-order valence-electron chi connectivity index (χ0n) is 17.2. The fourth-order valence-electron chi connectivity index (χ4n) is 3.23. The summed E-state index contributed by atoms with van der Waals surface area (Å²) in [4.78, 5) is 34.4. The van der Waals surface area contributed by atoms with Crippen molar-refractivity contribution in [2.45, 2.75) is 33.1 Å². The monoisotopic (exact) mass is 413 g/mol. The quantitative estimate of drug-likeness (QED) is 0.579. The average molecular weight is 413 g/mol. The first-order valence-corrected chi connectivity index (χ1v) is 9.62. The van der Waals surface area contributed by atoms with Crippen molar-refractivity contribution in [3.05, 3.63) is 54.1 Å². The van der Waals surface area contributed by atoms with Crippen LogP contribution in [0.5, 0.6) is 5.75 Å². The maximum Gasteiger partial charge on any atom is 0.302 e. The van der Waals surface area contributed by atoms with Gasteiger partial charge in [0.15, 0.2) is 0 Å². The third-order valence-corrected chi connectivity index (χ3v) is 4.78. The van der Waals surface area contributed by atoms with Crippen LogP contribution >= 0.6 is 0 Å². The first kappa shape index (κ1) is 22.9. The highest BCUT2D eigenvalue weighted by Crippen LogP contribution is 2.31. The number of hydrogen-bond donors (Lipinski definition) is 2. The molecule has 0 aliphatic carbocycles. The van der Waals surface area contributed by atoms with E-state index in [1.54, 1.807) is 12.1 Å². The van der Waals surface area contributed by atoms with E-state index < -0.39 is 23.3 Å². The molecule has 7 heteroatoms. The van der Waals surface area contributed by atoms with E-state index >= 15 is 0 Å². The molecule has 0 saturated heterocycles. The summed E-state index contributed by atoms with van der Waals surface area (Å²) < 4.78 is 10.3. The maximum atomic E-state index is 11.7. The highest BCUT2D eigenvalue weighted by molar-refractivity contribution is 5.75. The molecular formula is C23H27NO6. The topological polar surface area (TPSA) is 116 Å². The van der Waals surface area contributed by atoms with Crippen molar-refractivity contribution in [1.29, 1.82) is 0 Å². The zero-order chi connectivity index (χ0) is 22.1. The molecule has 0 spiro atoms. The fraction of sp³-hybridized carbons (Fsp3) is 0.348. The Morgan fingerprint density at radius 1 is 0.933 bits per heavy atom. The second kappa shape index (κ2) is 10.4. The lowest BCUT2D eigenvalue weighted by Gasteiger charge is -2.31. The van der Waals surface area contributed by atoms with Gasteiger partial charge in [0.25, 0.3) is 0 Å². The number of rotatable bonds is 10. The van der Waals surface area contributed by atoms with E-state index in [1.807, 2.05) is 36.4 Å². The third-order valence-electron chi connectivity index (χ3n) is 4.78. The van der Waals surface area contributed by atoms with Gasteiger partial charge in [-0.25, -0.2) is 0 Å². The van der Waals surface area contributed by atoms with E-state index in [-0.39, 0.29) is 25.4 Å². The molecule has 2 rings (SSSR count). The van der Waals surface area contributed by atoms with Gasteiger partial charge in [0.2, 0.25) is 5.91 Å². The summed E-state index contributed by atoms with van der Waals surface area (Å²) in [6.07, 6.45) is 0.905. The molecule has 160 valence electrons. The summed E-state index contributed by atoms with van der Waals surface area (Å²) in [5.41, 5.74) is 7.46. The van der Waals surface area contributed by atoms with Crippen molar-refractivity contribution in [1.82, 2.24) is 0 Å². The molecule has 0 unspecified atom stereocenters. The average Bonchev–Trinajstić information content (AvgIpc) is 2.69. The van der Waals surface area contributed by atoms with Gasteiger partial charge in [-0.05, 0) is 41.7 Å². The van der Waals surface area contributed by atoms with E-state index in [4.69, 9.17) is 15.2 Å². The number of phenolic OH excluding ortho intramolecular Hbond substituents is 1. The first-order valence-electron chi connectivity index (χ1n) is 9.62. The molecule has 0 heterocycles. The number of carbonyl (C=O) groups is 3. The Labute approximate surface area is 175 Å². The van der Waals surface area contributed by atoms with Gasteiger partial charge in [-0.15, -0.1) is 0 Å². The third kappa shape index (κ3) is 7.24. The standard InChI is InChI=1S/C23H27NO6/c1-16(25)29-14-23(13-22(24)28,15-30-17(2)26)11-10-18-4-3-5-20(12-18)19-6-8-21(27)9-7-19/h3-9,12,27H,10-11,13-15H2,1-2H3,(H2,24,28). The zero-order valence-corrected chi connectivity index (χ0v) is 17.2. The Bertz CT molecular complexity index is 873. The molecule has 0 radical (unpaired) electrons. The van der Waals surface area contributed by atoms with Crippen LogP contribution in [0.15, 0.2) is 48.5 Å². The summed E-state index contributed by atoms with van der Waals surface area (Å²) in [5.74, 6) is -1.34. The maximum absolute atomic E-state index is 11.7. The van der Waals surface area contributed by atoms with Crippen LogP contribution in [0.4, 0.5) is 0 Å².